The number of nitrogens with zero attached hydrogens (tertiary/aromatic N) is 4. The van der Waals surface area contributed by atoms with E-state index in [1.807, 2.05) is 0 Å². The Labute approximate surface area is 143 Å². The number of allylic oxidation sites excluding steroid dienone is 3. The molecular weight excluding hydrogens is 325 g/mol. The Bertz CT molecular complexity index is 812. The van der Waals surface area contributed by atoms with Gasteiger partial charge in [0.25, 0.3) is 0 Å². The predicted molar refractivity (Wildman–Crippen MR) is 87.0 cm³/mol. The summed E-state index contributed by atoms with van der Waals surface area (Å²) in [6.07, 6.45) is 10.2. The van der Waals surface area contributed by atoms with Crippen LogP contribution in [0.4, 0.5) is 4.39 Å². The van der Waals surface area contributed by atoms with Gasteiger partial charge in [-0.2, -0.15) is 0 Å². The monoisotopic (exact) mass is 341 g/mol. The van der Waals surface area contributed by atoms with E-state index in [4.69, 9.17) is 10.8 Å². The van der Waals surface area contributed by atoms with Crippen LogP contribution in [0.1, 0.15) is 23.7 Å². The van der Waals surface area contributed by atoms with E-state index in [2.05, 4.69) is 19.9 Å². The summed E-state index contributed by atoms with van der Waals surface area (Å²) < 4.78 is 16.1. The van der Waals surface area contributed by atoms with Crippen molar-refractivity contribution in [1.82, 2.24) is 19.9 Å². The summed E-state index contributed by atoms with van der Waals surface area (Å²) in [4.78, 5) is 27.0. The Morgan fingerprint density at radius 1 is 1.28 bits per heavy atom. The fraction of sp³-hybridized carbons (Fsp3) is 0.235. The molecule has 0 radical (unpaired) electrons. The largest absolute Gasteiger partial charge is 0.480 e. The lowest BCUT2D eigenvalue weighted by molar-refractivity contribution is -0.138. The minimum atomic E-state index is -2.00. The molecule has 0 saturated heterocycles. The number of hydrogen-bond acceptors (Lipinski definition) is 6. The maximum absolute atomic E-state index is 16.1. The topological polar surface area (TPSA) is 115 Å². The van der Waals surface area contributed by atoms with Crippen LogP contribution >= 0.6 is 0 Å². The minimum Gasteiger partial charge on any atom is -0.480 e. The molecule has 0 spiro atoms. The molecular formula is C17H16FN5O2. The van der Waals surface area contributed by atoms with Crippen molar-refractivity contribution in [2.75, 3.05) is 0 Å². The molecule has 0 amide bonds. The standard InChI is InChI=1S/C17H16FN5O2/c18-17(14-4-7-21-10-23-14)5-1-2-11(8-12(19)16(24)25)15(17)13-3-6-20-9-22-13/h1-7,9-10,12,15H,8,19H2,(H,24,25). The van der Waals surface area contributed by atoms with Gasteiger partial charge in [0.1, 0.15) is 18.7 Å². The van der Waals surface area contributed by atoms with Crippen molar-refractivity contribution in [3.63, 3.8) is 0 Å². The Morgan fingerprint density at radius 3 is 2.60 bits per heavy atom. The van der Waals surface area contributed by atoms with Crippen LogP contribution in [0, 0.1) is 0 Å². The van der Waals surface area contributed by atoms with E-state index in [0.29, 0.717) is 11.3 Å². The van der Waals surface area contributed by atoms with Crippen molar-refractivity contribution in [2.24, 2.45) is 5.73 Å². The summed E-state index contributed by atoms with van der Waals surface area (Å²) in [5.74, 6) is -2.01. The molecule has 2 heterocycles. The first-order chi connectivity index (χ1) is 12.0. The Balaban J connectivity index is 2.08. The third kappa shape index (κ3) is 3.29. The van der Waals surface area contributed by atoms with Gasteiger partial charge in [-0.1, -0.05) is 17.7 Å². The van der Waals surface area contributed by atoms with Crippen molar-refractivity contribution in [2.45, 2.75) is 24.0 Å². The fourth-order valence-electron chi connectivity index (χ4n) is 2.93. The molecule has 1 aliphatic carbocycles. The molecule has 2 aromatic rings. The number of nitrogens with two attached hydrogens (primary N) is 1. The molecule has 3 unspecified atom stereocenters. The zero-order valence-corrected chi connectivity index (χ0v) is 13.2. The van der Waals surface area contributed by atoms with Gasteiger partial charge in [-0.05, 0) is 24.6 Å². The second-order valence-corrected chi connectivity index (χ2v) is 5.68. The molecule has 3 rings (SSSR count). The molecule has 2 aromatic heterocycles. The quantitative estimate of drug-likeness (QED) is 0.847. The van der Waals surface area contributed by atoms with E-state index < -0.39 is 23.6 Å². The summed E-state index contributed by atoms with van der Waals surface area (Å²) in [6.45, 7) is 0. The molecule has 25 heavy (non-hydrogen) atoms. The van der Waals surface area contributed by atoms with Gasteiger partial charge in [0.15, 0.2) is 5.67 Å². The normalized spacial score (nSPS) is 23.8. The molecule has 7 nitrogen and oxygen atoms in total. The van der Waals surface area contributed by atoms with Gasteiger partial charge in [-0.15, -0.1) is 0 Å². The Kier molecular flexibility index (Phi) is 4.62. The molecule has 128 valence electrons. The highest BCUT2D eigenvalue weighted by Crippen LogP contribution is 2.47. The number of rotatable bonds is 5. The molecule has 0 bridgehead atoms. The van der Waals surface area contributed by atoms with Gasteiger partial charge >= 0.3 is 5.97 Å². The van der Waals surface area contributed by atoms with Gasteiger partial charge in [0, 0.05) is 12.4 Å². The summed E-state index contributed by atoms with van der Waals surface area (Å²) in [6, 6.07) is 1.94. The third-order valence-electron chi connectivity index (χ3n) is 4.09. The van der Waals surface area contributed by atoms with Crippen molar-refractivity contribution in [1.29, 1.82) is 0 Å². The first-order valence-corrected chi connectivity index (χ1v) is 7.60. The number of aromatic nitrogens is 4. The van der Waals surface area contributed by atoms with E-state index in [1.54, 1.807) is 18.2 Å². The number of halogens is 1. The number of carbonyl (C=O) groups is 1. The number of aliphatic carboxylic acids is 1. The lowest BCUT2D eigenvalue weighted by atomic mass is 9.74. The summed E-state index contributed by atoms with van der Waals surface area (Å²) in [7, 11) is 0. The molecule has 8 heteroatoms. The lowest BCUT2D eigenvalue weighted by Crippen LogP contribution is -2.36. The van der Waals surface area contributed by atoms with Gasteiger partial charge in [-0.3, -0.25) is 4.79 Å². The van der Waals surface area contributed by atoms with Crippen molar-refractivity contribution >= 4 is 5.97 Å². The zero-order valence-electron chi connectivity index (χ0n) is 13.2. The second kappa shape index (κ2) is 6.86. The van der Waals surface area contributed by atoms with Crippen LogP contribution in [0.5, 0.6) is 0 Å². The van der Waals surface area contributed by atoms with Crippen LogP contribution in [0.15, 0.2) is 61.0 Å². The van der Waals surface area contributed by atoms with Crippen molar-refractivity contribution in [3.05, 3.63) is 72.4 Å². The number of carboxylic acids is 1. The van der Waals surface area contributed by atoms with Gasteiger partial charge in [0.05, 0.1) is 17.3 Å². The Hall–Kier alpha value is -3.00. The van der Waals surface area contributed by atoms with E-state index in [-0.39, 0.29) is 12.1 Å². The summed E-state index contributed by atoms with van der Waals surface area (Å²) in [5.41, 5.74) is 4.78. The van der Waals surface area contributed by atoms with Crippen LogP contribution in [0.3, 0.4) is 0 Å². The van der Waals surface area contributed by atoms with E-state index in [1.165, 1.54) is 37.2 Å². The van der Waals surface area contributed by atoms with Gasteiger partial charge < -0.3 is 10.8 Å². The van der Waals surface area contributed by atoms with Crippen LogP contribution in [0.25, 0.3) is 0 Å². The smallest absolute Gasteiger partial charge is 0.320 e. The van der Waals surface area contributed by atoms with Crippen molar-refractivity contribution < 1.29 is 14.3 Å². The van der Waals surface area contributed by atoms with Crippen molar-refractivity contribution in [3.8, 4) is 0 Å². The first-order valence-electron chi connectivity index (χ1n) is 7.60. The average molecular weight is 341 g/mol. The zero-order chi connectivity index (χ0) is 17.9. The maximum atomic E-state index is 16.1. The maximum Gasteiger partial charge on any atom is 0.320 e. The molecule has 0 aliphatic heterocycles. The molecule has 0 saturated carbocycles. The minimum absolute atomic E-state index is 0.00883. The molecule has 1 aliphatic rings. The van der Waals surface area contributed by atoms with Gasteiger partial charge in [0.2, 0.25) is 0 Å². The molecule has 3 N–H and O–H groups in total. The lowest BCUT2D eigenvalue weighted by Gasteiger charge is -2.35. The van der Waals surface area contributed by atoms with E-state index in [0.717, 1.165) is 0 Å². The highest BCUT2D eigenvalue weighted by molar-refractivity contribution is 5.73. The average Bonchev–Trinajstić information content (AvgIpc) is 2.63. The number of hydrogen-bond donors (Lipinski definition) is 2. The predicted octanol–water partition coefficient (Wildman–Crippen LogP) is 1.51. The number of carboxylic acid groups (broad SMARTS) is 1. The highest BCUT2D eigenvalue weighted by atomic mass is 19.1. The second-order valence-electron chi connectivity index (χ2n) is 5.68. The van der Waals surface area contributed by atoms with Gasteiger partial charge in [-0.25, -0.2) is 24.3 Å². The summed E-state index contributed by atoms with van der Waals surface area (Å²) >= 11 is 0. The fourth-order valence-corrected chi connectivity index (χ4v) is 2.93. The van der Waals surface area contributed by atoms with Crippen LogP contribution in [-0.2, 0) is 10.5 Å². The highest BCUT2D eigenvalue weighted by Gasteiger charge is 2.45. The third-order valence-corrected chi connectivity index (χ3v) is 4.09. The van der Waals surface area contributed by atoms with Crippen LogP contribution in [0.2, 0.25) is 0 Å². The summed E-state index contributed by atoms with van der Waals surface area (Å²) in [5, 5.41) is 9.11. The van der Waals surface area contributed by atoms with Crippen LogP contribution in [-0.4, -0.2) is 37.1 Å². The van der Waals surface area contributed by atoms with E-state index in [9.17, 15) is 4.79 Å². The van der Waals surface area contributed by atoms with E-state index >= 15 is 4.39 Å². The molecule has 0 aromatic carbocycles. The van der Waals surface area contributed by atoms with Crippen LogP contribution < -0.4 is 5.73 Å². The molecule has 3 atom stereocenters. The molecule has 0 fully saturated rings. The Morgan fingerprint density at radius 2 is 2.00 bits per heavy atom. The first kappa shape index (κ1) is 16.8. The number of alkyl halides is 1. The SMILES string of the molecule is NC(CC1=CC=CC(F)(c2ccncn2)C1c1ccncn1)C(=O)O.